The van der Waals surface area contributed by atoms with Gasteiger partial charge in [-0.2, -0.15) is 4.98 Å². The summed E-state index contributed by atoms with van der Waals surface area (Å²) in [4.78, 5) is 25.5. The van der Waals surface area contributed by atoms with Gasteiger partial charge >= 0.3 is 12.4 Å². The molecule has 4 aromatic rings. The highest BCUT2D eigenvalue weighted by atomic mass is 19.4. The largest absolute Gasteiger partial charge is 0.573 e. The third-order valence-electron chi connectivity index (χ3n) is 4.31. The molecule has 2 heterocycles. The van der Waals surface area contributed by atoms with Gasteiger partial charge in [-0.05, 0) is 30.3 Å². The van der Waals surface area contributed by atoms with E-state index in [1.54, 1.807) is 29.8 Å². The fourth-order valence-electron chi connectivity index (χ4n) is 2.93. The predicted octanol–water partition coefficient (Wildman–Crippen LogP) is 3.01. The van der Waals surface area contributed by atoms with Crippen LogP contribution in [0.3, 0.4) is 0 Å². The third-order valence-corrected chi connectivity index (χ3v) is 4.31. The summed E-state index contributed by atoms with van der Waals surface area (Å²) in [6.07, 6.45) is -4.82. The van der Waals surface area contributed by atoms with Gasteiger partial charge in [-0.25, -0.2) is 10.5 Å². The Labute approximate surface area is 177 Å². The van der Waals surface area contributed by atoms with Gasteiger partial charge in [0.2, 0.25) is 5.95 Å². The van der Waals surface area contributed by atoms with Crippen molar-refractivity contribution in [3.63, 3.8) is 0 Å². The minimum absolute atomic E-state index is 0.0120. The number of amides is 1. The van der Waals surface area contributed by atoms with Crippen LogP contribution in [0, 0.1) is 0 Å². The number of carbonyl (C=O) groups is 1. The number of halogens is 3. The molecule has 0 unspecified atom stereocenters. The summed E-state index contributed by atoms with van der Waals surface area (Å²) in [5, 5.41) is 11.6. The van der Waals surface area contributed by atoms with E-state index in [4.69, 9.17) is 14.4 Å². The molecule has 0 fully saturated rings. The number of rotatable bonds is 7. The summed E-state index contributed by atoms with van der Waals surface area (Å²) in [6.45, 7) is -0.277. The molecule has 0 saturated carbocycles. The van der Waals surface area contributed by atoms with Crippen molar-refractivity contribution in [2.45, 2.75) is 6.36 Å². The lowest BCUT2D eigenvalue weighted by molar-refractivity contribution is -0.274. The maximum absolute atomic E-state index is 12.4. The molecule has 0 aliphatic heterocycles. The number of aromatic nitrogens is 3. The monoisotopic (exact) mass is 451 g/mol. The van der Waals surface area contributed by atoms with Gasteiger partial charge in [-0.15, -0.1) is 13.2 Å². The molecule has 0 radical (unpaired) electrons. The van der Waals surface area contributed by atoms with Crippen molar-refractivity contribution in [2.24, 2.45) is 7.05 Å². The molecule has 168 valence electrons. The lowest BCUT2D eigenvalue weighted by Gasteiger charge is -2.07. The highest BCUT2D eigenvalue weighted by Gasteiger charge is 2.31. The Morgan fingerprint density at radius 2 is 2.00 bits per heavy atom. The topological polar surface area (TPSA) is 124 Å². The summed E-state index contributed by atoms with van der Waals surface area (Å²) in [7, 11) is 1.72. The number of aliphatic hydroxyl groups is 1. The fraction of sp³-hybridized carbons (Fsp3) is 0.211. The van der Waals surface area contributed by atoms with Crippen LogP contribution in [-0.2, 0) is 11.9 Å². The molecule has 0 atom stereocenters. The first kappa shape index (κ1) is 21.4. The molecule has 2 aromatic heterocycles. The number of hydroxylamine groups is 1. The molecule has 0 spiro atoms. The number of nitrogens with one attached hydrogen (secondary N) is 2. The Bertz CT molecular complexity index is 1280. The van der Waals surface area contributed by atoms with Crippen molar-refractivity contribution >= 4 is 40.0 Å². The van der Waals surface area contributed by atoms with Crippen molar-refractivity contribution in [3.8, 4) is 5.75 Å². The molecule has 0 bridgehead atoms. The Hall–Kier alpha value is -3.84. The number of aryl methyl sites for hydroxylation is 1. The number of fused-ring (bicyclic) bond motifs is 2. The van der Waals surface area contributed by atoms with Crippen LogP contribution in [-0.4, -0.2) is 45.1 Å². The Morgan fingerprint density at radius 3 is 2.75 bits per heavy atom. The Kier molecular flexibility index (Phi) is 5.59. The average Bonchev–Trinajstić information content (AvgIpc) is 3.26. The van der Waals surface area contributed by atoms with Gasteiger partial charge in [0, 0.05) is 18.7 Å². The SMILES string of the molecule is Cn1c(Nc2nc3ccc(OC(F)(F)F)cc3o2)nc2cc(C(=O)NOCCO)ccc21. The number of ether oxygens (including phenoxy) is 1. The van der Waals surface area contributed by atoms with Crippen LogP contribution in [0.25, 0.3) is 22.1 Å². The number of oxazole rings is 1. The third kappa shape index (κ3) is 4.58. The number of alkyl halides is 3. The van der Waals surface area contributed by atoms with Crippen molar-refractivity contribution < 1.29 is 37.1 Å². The molecule has 2 aromatic carbocycles. The van der Waals surface area contributed by atoms with Crippen LogP contribution in [0.1, 0.15) is 10.4 Å². The van der Waals surface area contributed by atoms with E-state index >= 15 is 0 Å². The molecule has 1 amide bonds. The number of aliphatic hydroxyl groups excluding tert-OH is 1. The average molecular weight is 451 g/mol. The normalized spacial score (nSPS) is 11.8. The molecular formula is C19H16F3N5O5. The number of nitrogens with zero attached hydrogens (tertiary/aromatic N) is 3. The minimum Gasteiger partial charge on any atom is -0.423 e. The van der Waals surface area contributed by atoms with Crippen LogP contribution < -0.4 is 15.5 Å². The zero-order valence-corrected chi connectivity index (χ0v) is 16.4. The van der Waals surface area contributed by atoms with E-state index in [9.17, 15) is 18.0 Å². The molecular weight excluding hydrogens is 435 g/mol. The number of hydrogen-bond donors (Lipinski definition) is 3. The summed E-state index contributed by atoms with van der Waals surface area (Å²) >= 11 is 0. The van der Waals surface area contributed by atoms with Gasteiger partial charge in [0.25, 0.3) is 5.91 Å². The number of imidazole rings is 1. The first-order valence-electron chi connectivity index (χ1n) is 9.16. The van der Waals surface area contributed by atoms with Crippen molar-refractivity contribution in [3.05, 3.63) is 42.0 Å². The standard InChI is InChI=1S/C19H16F3N5O5/c1-27-14-5-2-10(16(29)26-30-7-6-28)8-13(14)23-17(27)25-18-24-12-4-3-11(9-15(12)31-18)32-19(20,21)22/h2-5,8-9,28H,6-7H2,1H3,(H,26,29)(H,23,24,25). The van der Waals surface area contributed by atoms with Crippen LogP contribution in [0.5, 0.6) is 5.75 Å². The van der Waals surface area contributed by atoms with Gasteiger partial charge in [-0.3, -0.25) is 14.9 Å². The summed E-state index contributed by atoms with van der Waals surface area (Å²) in [6, 6.07) is 8.37. The smallest absolute Gasteiger partial charge is 0.423 e. The fourth-order valence-corrected chi connectivity index (χ4v) is 2.93. The summed E-state index contributed by atoms with van der Waals surface area (Å²) in [5.41, 5.74) is 4.09. The van der Waals surface area contributed by atoms with E-state index in [0.717, 1.165) is 12.1 Å². The lowest BCUT2D eigenvalue weighted by Crippen LogP contribution is -2.25. The van der Waals surface area contributed by atoms with Gasteiger partial charge < -0.3 is 18.8 Å². The maximum Gasteiger partial charge on any atom is 0.573 e. The first-order chi connectivity index (χ1) is 15.2. The molecule has 13 heteroatoms. The van der Waals surface area contributed by atoms with Gasteiger partial charge in [0.15, 0.2) is 5.58 Å². The van der Waals surface area contributed by atoms with Crippen LogP contribution in [0.2, 0.25) is 0 Å². The zero-order valence-electron chi connectivity index (χ0n) is 16.4. The molecule has 0 aliphatic rings. The molecule has 0 aliphatic carbocycles. The molecule has 3 N–H and O–H groups in total. The molecule has 0 saturated heterocycles. The number of anilines is 2. The number of hydrogen-bond acceptors (Lipinski definition) is 8. The van der Waals surface area contributed by atoms with Crippen molar-refractivity contribution in [1.82, 2.24) is 20.0 Å². The van der Waals surface area contributed by atoms with Gasteiger partial charge in [0.05, 0.1) is 24.2 Å². The summed E-state index contributed by atoms with van der Waals surface area (Å²) < 4.78 is 48.2. The van der Waals surface area contributed by atoms with E-state index in [1.807, 2.05) is 0 Å². The first-order valence-corrected chi connectivity index (χ1v) is 9.16. The quantitative estimate of drug-likeness (QED) is 0.289. The Morgan fingerprint density at radius 1 is 1.19 bits per heavy atom. The Balaban J connectivity index is 1.56. The lowest BCUT2D eigenvalue weighted by atomic mass is 10.2. The number of benzene rings is 2. The van der Waals surface area contributed by atoms with Gasteiger partial charge in [-0.1, -0.05) is 0 Å². The highest BCUT2D eigenvalue weighted by Crippen LogP contribution is 2.29. The van der Waals surface area contributed by atoms with Crippen LogP contribution in [0.4, 0.5) is 25.1 Å². The van der Waals surface area contributed by atoms with Crippen LogP contribution >= 0.6 is 0 Å². The zero-order chi connectivity index (χ0) is 22.9. The van der Waals surface area contributed by atoms with E-state index in [2.05, 4.69) is 25.5 Å². The van der Waals surface area contributed by atoms with E-state index in [-0.39, 0.29) is 24.8 Å². The second-order valence-electron chi connectivity index (χ2n) is 6.52. The summed E-state index contributed by atoms with van der Waals surface area (Å²) in [5.74, 6) is -0.604. The van der Waals surface area contributed by atoms with E-state index < -0.39 is 18.0 Å². The van der Waals surface area contributed by atoms with Gasteiger partial charge in [0.1, 0.15) is 11.3 Å². The van der Waals surface area contributed by atoms with E-state index in [1.165, 1.54) is 6.07 Å². The molecule has 4 rings (SSSR count). The second-order valence-corrected chi connectivity index (χ2v) is 6.52. The molecule has 10 nitrogen and oxygen atoms in total. The maximum atomic E-state index is 12.4. The number of carbonyl (C=O) groups excluding carboxylic acids is 1. The van der Waals surface area contributed by atoms with Crippen LogP contribution in [0.15, 0.2) is 40.8 Å². The van der Waals surface area contributed by atoms with Crippen molar-refractivity contribution in [2.75, 3.05) is 18.5 Å². The van der Waals surface area contributed by atoms with Crippen molar-refractivity contribution in [1.29, 1.82) is 0 Å². The second kappa shape index (κ2) is 8.36. The predicted molar refractivity (Wildman–Crippen MR) is 105 cm³/mol. The minimum atomic E-state index is -4.82. The highest BCUT2D eigenvalue weighted by molar-refractivity contribution is 5.97. The molecule has 32 heavy (non-hydrogen) atoms. The van der Waals surface area contributed by atoms with E-state index in [0.29, 0.717) is 28.1 Å².